The molecule has 0 aromatic carbocycles. The molecule has 1 aliphatic carbocycles. The maximum absolute atomic E-state index is 12.6. The van der Waals surface area contributed by atoms with Gasteiger partial charge in [-0.25, -0.2) is 4.98 Å². The molecular formula is C22H30N4O3S2. The monoisotopic (exact) mass is 462 g/mol. The van der Waals surface area contributed by atoms with Gasteiger partial charge in [-0.2, -0.15) is 0 Å². The Labute approximate surface area is 190 Å². The third-order valence-corrected chi connectivity index (χ3v) is 8.66. The van der Waals surface area contributed by atoms with Crippen LogP contribution in [0.5, 0.6) is 0 Å². The lowest BCUT2D eigenvalue weighted by atomic mass is 9.97. The van der Waals surface area contributed by atoms with E-state index in [-0.39, 0.29) is 11.5 Å². The molecule has 5 rings (SSSR count). The van der Waals surface area contributed by atoms with Crippen LogP contribution in [0, 0.1) is 0 Å². The van der Waals surface area contributed by atoms with E-state index < -0.39 is 0 Å². The molecule has 2 aromatic rings. The van der Waals surface area contributed by atoms with E-state index in [1.54, 1.807) is 11.3 Å². The molecule has 4 heterocycles. The van der Waals surface area contributed by atoms with Gasteiger partial charge in [0.15, 0.2) is 0 Å². The van der Waals surface area contributed by atoms with Crippen molar-refractivity contribution in [1.82, 2.24) is 19.8 Å². The second kappa shape index (κ2) is 9.60. The van der Waals surface area contributed by atoms with Crippen LogP contribution >= 0.6 is 23.1 Å². The summed E-state index contributed by atoms with van der Waals surface area (Å²) in [6, 6.07) is 0. The average molecular weight is 463 g/mol. The molecule has 0 radical (unpaired) electrons. The van der Waals surface area contributed by atoms with Gasteiger partial charge in [-0.3, -0.25) is 14.5 Å². The number of nitrogens with one attached hydrogen (secondary N) is 1. The van der Waals surface area contributed by atoms with E-state index in [9.17, 15) is 9.59 Å². The van der Waals surface area contributed by atoms with Gasteiger partial charge in [0, 0.05) is 44.2 Å². The molecule has 9 heteroatoms. The molecule has 1 unspecified atom stereocenters. The summed E-state index contributed by atoms with van der Waals surface area (Å²) in [6.07, 6.45) is 7.11. The fourth-order valence-corrected chi connectivity index (χ4v) is 6.93. The molecule has 168 valence electrons. The number of fused-ring (bicyclic) bond motifs is 3. The maximum Gasteiger partial charge on any atom is 0.259 e. The van der Waals surface area contributed by atoms with Crippen LogP contribution in [0.4, 0.5) is 0 Å². The molecule has 2 saturated heterocycles. The highest BCUT2D eigenvalue weighted by molar-refractivity contribution is 7.99. The maximum atomic E-state index is 12.6. The van der Waals surface area contributed by atoms with Gasteiger partial charge in [-0.1, -0.05) is 0 Å². The molecule has 2 aliphatic heterocycles. The SMILES string of the molecule is O=C(CSCc1nc2sc3c(c2c(=O)[nH]1)CCCC3)N1CCN(CC2CCCO2)CC1. The topological polar surface area (TPSA) is 78.5 Å². The quantitative estimate of drug-likeness (QED) is 0.710. The third-order valence-electron chi connectivity index (χ3n) is 6.55. The number of piperazine rings is 1. The standard InChI is InChI=1S/C22H30N4O3S2/c27-19(26-9-7-25(8-10-26)12-15-4-3-11-29-15)14-30-13-18-23-21(28)20-16-5-1-2-6-17(16)31-22(20)24-18/h15H,1-14H2,(H,23,24,28). The smallest absolute Gasteiger partial charge is 0.259 e. The van der Waals surface area contributed by atoms with E-state index in [1.807, 2.05) is 4.90 Å². The van der Waals surface area contributed by atoms with Gasteiger partial charge < -0.3 is 14.6 Å². The normalized spacial score (nSPS) is 22.2. The number of aromatic nitrogens is 2. The number of aryl methyl sites for hydroxylation is 2. The zero-order chi connectivity index (χ0) is 21.2. The number of amides is 1. The molecule has 0 bridgehead atoms. The summed E-state index contributed by atoms with van der Waals surface area (Å²) in [5, 5.41) is 0.797. The van der Waals surface area contributed by atoms with Crippen LogP contribution < -0.4 is 5.56 Å². The molecular weight excluding hydrogens is 432 g/mol. The van der Waals surface area contributed by atoms with Crippen LogP contribution in [0.15, 0.2) is 4.79 Å². The molecule has 2 aromatic heterocycles. The van der Waals surface area contributed by atoms with E-state index in [2.05, 4.69) is 9.88 Å². The van der Waals surface area contributed by atoms with Gasteiger partial charge in [0.25, 0.3) is 5.56 Å². The molecule has 0 spiro atoms. The first-order valence-electron chi connectivity index (χ1n) is 11.4. The van der Waals surface area contributed by atoms with Crippen LogP contribution in [0.25, 0.3) is 10.2 Å². The van der Waals surface area contributed by atoms with Crippen molar-refractivity contribution in [2.24, 2.45) is 0 Å². The van der Waals surface area contributed by atoms with Gasteiger partial charge in [-0.15, -0.1) is 23.1 Å². The zero-order valence-electron chi connectivity index (χ0n) is 17.9. The number of thiophene rings is 1. The van der Waals surface area contributed by atoms with Gasteiger partial charge >= 0.3 is 0 Å². The van der Waals surface area contributed by atoms with Crippen LogP contribution in [0.2, 0.25) is 0 Å². The predicted octanol–water partition coefficient (Wildman–Crippen LogP) is 2.42. The fourth-order valence-electron chi connectivity index (χ4n) is 4.86. The molecule has 1 atom stereocenters. The minimum atomic E-state index is -0.0197. The lowest BCUT2D eigenvalue weighted by Gasteiger charge is -2.35. The van der Waals surface area contributed by atoms with Crippen molar-refractivity contribution in [3.05, 3.63) is 26.6 Å². The van der Waals surface area contributed by atoms with Crippen molar-refractivity contribution >= 4 is 39.2 Å². The Bertz CT molecular complexity index is 991. The van der Waals surface area contributed by atoms with E-state index in [0.29, 0.717) is 23.4 Å². The Morgan fingerprint density at radius 2 is 2.03 bits per heavy atom. The zero-order valence-corrected chi connectivity index (χ0v) is 19.5. The second-order valence-electron chi connectivity index (χ2n) is 8.71. The summed E-state index contributed by atoms with van der Waals surface area (Å²) in [5.74, 6) is 1.83. The van der Waals surface area contributed by atoms with Crippen molar-refractivity contribution < 1.29 is 9.53 Å². The van der Waals surface area contributed by atoms with Gasteiger partial charge in [0.2, 0.25) is 5.91 Å². The number of H-pyrrole nitrogens is 1. The number of ether oxygens (including phenoxy) is 1. The van der Waals surface area contributed by atoms with E-state index in [4.69, 9.17) is 9.72 Å². The highest BCUT2D eigenvalue weighted by Gasteiger charge is 2.25. The molecule has 31 heavy (non-hydrogen) atoms. The molecule has 2 fully saturated rings. The largest absolute Gasteiger partial charge is 0.377 e. The molecule has 3 aliphatic rings. The highest BCUT2D eigenvalue weighted by Crippen LogP contribution is 2.33. The Kier molecular flexibility index (Phi) is 6.64. The number of nitrogens with zero attached hydrogens (tertiary/aromatic N) is 3. The van der Waals surface area contributed by atoms with Crippen molar-refractivity contribution in [3.63, 3.8) is 0 Å². The van der Waals surface area contributed by atoms with E-state index in [0.717, 1.165) is 75.2 Å². The summed E-state index contributed by atoms with van der Waals surface area (Å²) >= 11 is 3.21. The minimum absolute atomic E-state index is 0.0197. The van der Waals surface area contributed by atoms with Crippen molar-refractivity contribution in [3.8, 4) is 0 Å². The van der Waals surface area contributed by atoms with Gasteiger partial charge in [0.05, 0.1) is 23.0 Å². The van der Waals surface area contributed by atoms with Gasteiger partial charge in [0.1, 0.15) is 10.7 Å². The minimum Gasteiger partial charge on any atom is -0.377 e. The number of hydrogen-bond acceptors (Lipinski definition) is 7. The molecule has 1 N–H and O–H groups in total. The molecule has 1 amide bonds. The lowest BCUT2D eigenvalue weighted by Crippen LogP contribution is -2.50. The van der Waals surface area contributed by atoms with E-state index in [1.165, 1.54) is 35.0 Å². The third kappa shape index (κ3) is 4.84. The number of rotatable bonds is 6. The molecule has 7 nitrogen and oxygen atoms in total. The molecule has 0 saturated carbocycles. The van der Waals surface area contributed by atoms with Crippen LogP contribution in [0.1, 0.15) is 41.9 Å². The fraction of sp³-hybridized carbons (Fsp3) is 0.682. The highest BCUT2D eigenvalue weighted by atomic mass is 32.2. The number of carbonyl (C=O) groups is 1. The lowest BCUT2D eigenvalue weighted by molar-refractivity contribution is -0.130. The Morgan fingerprint density at radius 1 is 1.19 bits per heavy atom. The summed E-state index contributed by atoms with van der Waals surface area (Å²) in [6.45, 7) is 5.30. The van der Waals surface area contributed by atoms with Crippen molar-refractivity contribution in [2.45, 2.75) is 50.4 Å². The number of hydrogen-bond donors (Lipinski definition) is 1. The average Bonchev–Trinajstić information content (AvgIpc) is 3.41. The summed E-state index contributed by atoms with van der Waals surface area (Å²) in [4.78, 5) is 39.5. The first kappa shape index (κ1) is 21.4. The van der Waals surface area contributed by atoms with Crippen molar-refractivity contribution in [1.29, 1.82) is 0 Å². The first-order chi connectivity index (χ1) is 15.2. The van der Waals surface area contributed by atoms with Crippen LogP contribution in [-0.4, -0.2) is 76.9 Å². The first-order valence-corrected chi connectivity index (χ1v) is 13.4. The van der Waals surface area contributed by atoms with E-state index >= 15 is 0 Å². The Morgan fingerprint density at radius 3 is 2.84 bits per heavy atom. The summed E-state index contributed by atoms with van der Waals surface area (Å²) in [7, 11) is 0. The summed E-state index contributed by atoms with van der Waals surface area (Å²) < 4.78 is 5.73. The number of carbonyl (C=O) groups excluding carboxylic acids is 1. The van der Waals surface area contributed by atoms with Crippen molar-refractivity contribution in [2.75, 3.05) is 45.1 Å². The van der Waals surface area contributed by atoms with Gasteiger partial charge in [-0.05, 0) is 44.1 Å². The predicted molar refractivity (Wildman–Crippen MR) is 125 cm³/mol. The Balaban J connectivity index is 1.11. The Hall–Kier alpha value is -1.42. The second-order valence-corrected chi connectivity index (χ2v) is 10.8. The number of thioether (sulfide) groups is 1. The number of aromatic amines is 1. The summed E-state index contributed by atoms with van der Waals surface area (Å²) in [5.41, 5.74) is 1.20. The van der Waals surface area contributed by atoms with Crippen LogP contribution in [-0.2, 0) is 28.1 Å². The van der Waals surface area contributed by atoms with Crippen LogP contribution in [0.3, 0.4) is 0 Å².